The van der Waals surface area contributed by atoms with E-state index < -0.39 is 0 Å². The summed E-state index contributed by atoms with van der Waals surface area (Å²) in [4.78, 5) is 18.0. The van der Waals surface area contributed by atoms with Crippen LogP contribution in [0.4, 0.5) is 11.1 Å². The molecule has 0 atom stereocenters. The van der Waals surface area contributed by atoms with Crippen molar-refractivity contribution in [3.8, 4) is 11.4 Å². The van der Waals surface area contributed by atoms with Crippen molar-refractivity contribution >= 4 is 28.4 Å². The van der Waals surface area contributed by atoms with E-state index >= 15 is 0 Å². The lowest BCUT2D eigenvalue weighted by molar-refractivity contribution is 0.832. The third kappa shape index (κ3) is 3.02. The minimum Gasteiger partial charge on any atom is -0.370 e. The number of aliphatic imine (C=N–C) groups is 1. The molecule has 2 aromatic rings. The number of aromatic amines is 1. The zero-order valence-electron chi connectivity index (χ0n) is 10.9. The van der Waals surface area contributed by atoms with Crippen LogP contribution >= 0.6 is 11.3 Å². The van der Waals surface area contributed by atoms with Gasteiger partial charge in [0.25, 0.3) is 0 Å². The van der Waals surface area contributed by atoms with Crippen LogP contribution in [0.5, 0.6) is 0 Å². The number of nitrogens with zero attached hydrogens (tertiary/aromatic N) is 4. The summed E-state index contributed by atoms with van der Waals surface area (Å²) in [5.74, 6) is 0.853. The highest BCUT2D eigenvalue weighted by Crippen LogP contribution is 2.26. The molecule has 0 aliphatic rings. The SMILES string of the molecule is CCN(CC)c1ncc(-c2csc(N=C(N)N)n2)[nH]1. The normalized spacial score (nSPS) is 10.4. The van der Waals surface area contributed by atoms with Gasteiger partial charge < -0.3 is 21.4 Å². The van der Waals surface area contributed by atoms with E-state index in [1.165, 1.54) is 11.3 Å². The van der Waals surface area contributed by atoms with Gasteiger partial charge in [-0.25, -0.2) is 9.97 Å². The molecule has 0 bridgehead atoms. The fourth-order valence-electron chi connectivity index (χ4n) is 1.67. The first-order valence-electron chi connectivity index (χ1n) is 5.99. The quantitative estimate of drug-likeness (QED) is 0.564. The molecule has 0 saturated carbocycles. The zero-order chi connectivity index (χ0) is 13.8. The molecule has 0 fully saturated rings. The highest BCUT2D eigenvalue weighted by atomic mass is 32.1. The molecule has 19 heavy (non-hydrogen) atoms. The van der Waals surface area contributed by atoms with Crippen LogP contribution in [0.1, 0.15) is 13.8 Å². The fraction of sp³-hybridized carbons (Fsp3) is 0.364. The Bertz CT molecular complexity index is 563. The predicted molar refractivity (Wildman–Crippen MR) is 78.7 cm³/mol. The molecule has 0 amide bonds. The molecule has 2 aromatic heterocycles. The van der Waals surface area contributed by atoms with E-state index in [0.717, 1.165) is 30.4 Å². The lowest BCUT2D eigenvalue weighted by atomic mass is 10.4. The molecular formula is C11H17N7S. The van der Waals surface area contributed by atoms with E-state index in [-0.39, 0.29) is 5.96 Å². The molecule has 102 valence electrons. The topological polar surface area (TPSA) is 109 Å². The van der Waals surface area contributed by atoms with E-state index in [1.54, 1.807) is 6.20 Å². The minimum atomic E-state index is 0.00865. The maximum Gasteiger partial charge on any atom is 0.212 e. The third-order valence-electron chi connectivity index (χ3n) is 2.62. The van der Waals surface area contributed by atoms with Crippen molar-refractivity contribution in [2.75, 3.05) is 18.0 Å². The van der Waals surface area contributed by atoms with Crippen LogP contribution in [0.2, 0.25) is 0 Å². The van der Waals surface area contributed by atoms with Crippen LogP contribution in [0.3, 0.4) is 0 Å². The van der Waals surface area contributed by atoms with Crippen molar-refractivity contribution in [2.45, 2.75) is 13.8 Å². The largest absolute Gasteiger partial charge is 0.370 e. The number of thiazole rings is 1. The van der Waals surface area contributed by atoms with Crippen LogP contribution in [0.15, 0.2) is 16.6 Å². The molecule has 0 aliphatic carbocycles. The minimum absolute atomic E-state index is 0.00865. The Morgan fingerprint density at radius 1 is 1.42 bits per heavy atom. The highest BCUT2D eigenvalue weighted by Gasteiger charge is 2.10. The Morgan fingerprint density at radius 2 is 2.16 bits per heavy atom. The number of hydrogen-bond donors (Lipinski definition) is 3. The first kappa shape index (κ1) is 13.3. The van der Waals surface area contributed by atoms with Gasteiger partial charge in [0.05, 0.1) is 11.9 Å². The second-order valence-electron chi connectivity index (χ2n) is 3.84. The van der Waals surface area contributed by atoms with Gasteiger partial charge in [0.2, 0.25) is 11.1 Å². The number of imidazole rings is 1. The van der Waals surface area contributed by atoms with E-state index in [9.17, 15) is 0 Å². The molecule has 0 aromatic carbocycles. The number of rotatable bonds is 5. The Balaban J connectivity index is 2.23. The van der Waals surface area contributed by atoms with Crippen molar-refractivity contribution in [2.24, 2.45) is 16.5 Å². The smallest absolute Gasteiger partial charge is 0.212 e. The molecule has 2 rings (SSSR count). The Kier molecular flexibility index (Phi) is 4.00. The maximum atomic E-state index is 5.32. The van der Waals surface area contributed by atoms with Crippen molar-refractivity contribution < 1.29 is 0 Å². The van der Waals surface area contributed by atoms with Crippen LogP contribution in [0, 0.1) is 0 Å². The summed E-state index contributed by atoms with van der Waals surface area (Å²) in [5, 5.41) is 2.43. The molecule has 8 heteroatoms. The van der Waals surface area contributed by atoms with E-state index in [4.69, 9.17) is 11.5 Å². The molecule has 0 aliphatic heterocycles. The maximum absolute atomic E-state index is 5.32. The first-order valence-corrected chi connectivity index (χ1v) is 6.87. The van der Waals surface area contributed by atoms with Gasteiger partial charge in [-0.3, -0.25) is 0 Å². The first-order chi connectivity index (χ1) is 9.13. The standard InChI is InChI=1S/C11H17N7S/c1-3-18(4-2)10-14-5-7(15-10)8-6-19-11(16-8)17-9(12)13/h5-6H,3-4H2,1-2H3,(H,14,15)(H4,12,13,16,17). The van der Waals surface area contributed by atoms with Crippen molar-refractivity contribution in [3.05, 3.63) is 11.6 Å². The van der Waals surface area contributed by atoms with E-state index in [2.05, 4.69) is 38.7 Å². The van der Waals surface area contributed by atoms with Crippen LogP contribution < -0.4 is 16.4 Å². The number of anilines is 1. The van der Waals surface area contributed by atoms with Gasteiger partial charge >= 0.3 is 0 Å². The van der Waals surface area contributed by atoms with Crippen molar-refractivity contribution in [1.29, 1.82) is 0 Å². The number of H-pyrrole nitrogens is 1. The average Bonchev–Trinajstić information content (AvgIpc) is 2.99. The van der Waals surface area contributed by atoms with Crippen molar-refractivity contribution in [3.63, 3.8) is 0 Å². The monoisotopic (exact) mass is 279 g/mol. The summed E-state index contributed by atoms with van der Waals surface area (Å²) < 4.78 is 0. The molecule has 0 spiro atoms. The van der Waals surface area contributed by atoms with Gasteiger partial charge in [0.1, 0.15) is 5.69 Å². The molecular weight excluding hydrogens is 262 g/mol. The number of hydrogen-bond acceptors (Lipinski definition) is 5. The third-order valence-corrected chi connectivity index (χ3v) is 3.35. The summed E-state index contributed by atoms with van der Waals surface area (Å²) in [6, 6.07) is 0. The van der Waals surface area contributed by atoms with Crippen LogP contribution in [0.25, 0.3) is 11.4 Å². The second-order valence-corrected chi connectivity index (χ2v) is 4.68. The average molecular weight is 279 g/mol. The zero-order valence-corrected chi connectivity index (χ0v) is 11.7. The number of nitrogens with two attached hydrogens (primary N) is 2. The molecule has 0 radical (unpaired) electrons. The van der Waals surface area contributed by atoms with Gasteiger partial charge in [0.15, 0.2) is 5.96 Å². The Hall–Kier alpha value is -2.09. The van der Waals surface area contributed by atoms with E-state index in [0.29, 0.717) is 5.13 Å². The molecule has 5 N–H and O–H groups in total. The highest BCUT2D eigenvalue weighted by molar-refractivity contribution is 7.13. The van der Waals surface area contributed by atoms with Gasteiger partial charge in [-0.15, -0.1) is 11.3 Å². The summed E-state index contributed by atoms with van der Waals surface area (Å²) in [7, 11) is 0. The van der Waals surface area contributed by atoms with Crippen LogP contribution in [-0.4, -0.2) is 34.0 Å². The Labute approximate surface area is 115 Å². The lowest BCUT2D eigenvalue weighted by Gasteiger charge is -2.16. The lowest BCUT2D eigenvalue weighted by Crippen LogP contribution is -2.22. The van der Waals surface area contributed by atoms with Gasteiger partial charge in [-0.2, -0.15) is 4.99 Å². The summed E-state index contributed by atoms with van der Waals surface area (Å²) in [5.41, 5.74) is 12.3. The molecule has 0 saturated heterocycles. The number of nitrogens with one attached hydrogen (secondary N) is 1. The molecule has 2 heterocycles. The fourth-order valence-corrected chi connectivity index (χ4v) is 2.38. The Morgan fingerprint density at radius 3 is 2.79 bits per heavy atom. The molecule has 0 unspecified atom stereocenters. The molecule has 7 nitrogen and oxygen atoms in total. The van der Waals surface area contributed by atoms with Gasteiger partial charge in [-0.05, 0) is 13.8 Å². The summed E-state index contributed by atoms with van der Waals surface area (Å²) in [6.07, 6.45) is 1.77. The second kappa shape index (κ2) is 5.70. The number of guanidine groups is 1. The van der Waals surface area contributed by atoms with Crippen molar-refractivity contribution in [1.82, 2.24) is 15.0 Å². The van der Waals surface area contributed by atoms with Crippen LogP contribution in [-0.2, 0) is 0 Å². The van der Waals surface area contributed by atoms with Gasteiger partial charge in [-0.1, -0.05) is 0 Å². The van der Waals surface area contributed by atoms with E-state index in [1.807, 2.05) is 5.38 Å². The number of aromatic nitrogens is 3. The predicted octanol–water partition coefficient (Wildman–Crippen LogP) is 1.28. The summed E-state index contributed by atoms with van der Waals surface area (Å²) in [6.45, 7) is 5.98. The summed E-state index contributed by atoms with van der Waals surface area (Å²) >= 11 is 1.38. The van der Waals surface area contributed by atoms with Gasteiger partial charge in [0, 0.05) is 18.5 Å².